The third-order valence-electron chi connectivity index (χ3n) is 3.53. The first-order chi connectivity index (χ1) is 10.3. The van der Waals surface area contributed by atoms with E-state index in [9.17, 15) is 4.39 Å². The van der Waals surface area contributed by atoms with Crippen molar-refractivity contribution in [1.29, 1.82) is 0 Å². The zero-order valence-electron chi connectivity index (χ0n) is 11.8. The van der Waals surface area contributed by atoms with Gasteiger partial charge in [-0.25, -0.2) is 4.39 Å². The number of rotatable bonds is 6. The molecule has 0 fully saturated rings. The van der Waals surface area contributed by atoms with Gasteiger partial charge in [0.2, 0.25) is 0 Å². The highest BCUT2D eigenvalue weighted by atomic mass is 19.1. The lowest BCUT2D eigenvalue weighted by molar-refractivity contribution is 0.116. The molecule has 0 unspecified atom stereocenters. The highest BCUT2D eigenvalue weighted by molar-refractivity contribution is 5.80. The maximum Gasteiger partial charge on any atom is 0.123 e. The van der Waals surface area contributed by atoms with Gasteiger partial charge < -0.3 is 9.30 Å². The van der Waals surface area contributed by atoms with Gasteiger partial charge in [-0.2, -0.15) is 0 Å². The average molecular weight is 283 g/mol. The Morgan fingerprint density at radius 3 is 2.71 bits per heavy atom. The first-order valence-corrected chi connectivity index (χ1v) is 7.19. The number of aromatic nitrogens is 1. The number of hydrogen-bond acceptors (Lipinski definition) is 1. The van der Waals surface area contributed by atoms with Crippen LogP contribution in [0.2, 0.25) is 0 Å². The second kappa shape index (κ2) is 6.55. The first-order valence-electron chi connectivity index (χ1n) is 7.19. The Kier molecular flexibility index (Phi) is 4.31. The van der Waals surface area contributed by atoms with Crippen LogP contribution in [0.3, 0.4) is 0 Å². The highest BCUT2D eigenvalue weighted by Crippen LogP contribution is 2.17. The summed E-state index contributed by atoms with van der Waals surface area (Å²) in [6.45, 7) is 2.25. The van der Waals surface area contributed by atoms with E-state index in [0.29, 0.717) is 6.61 Å². The molecule has 0 bridgehead atoms. The van der Waals surface area contributed by atoms with E-state index in [-0.39, 0.29) is 5.82 Å². The molecule has 2 nitrogen and oxygen atoms in total. The largest absolute Gasteiger partial charge is 0.377 e. The van der Waals surface area contributed by atoms with Gasteiger partial charge in [-0.3, -0.25) is 0 Å². The van der Waals surface area contributed by atoms with Crippen LogP contribution in [0.1, 0.15) is 12.0 Å². The van der Waals surface area contributed by atoms with E-state index >= 15 is 0 Å². The second-order valence-electron chi connectivity index (χ2n) is 5.10. The second-order valence-corrected chi connectivity index (χ2v) is 5.10. The van der Waals surface area contributed by atoms with Crippen LogP contribution in [-0.2, 0) is 17.9 Å². The highest BCUT2D eigenvalue weighted by Gasteiger charge is 2.02. The van der Waals surface area contributed by atoms with Crippen LogP contribution in [0.25, 0.3) is 10.9 Å². The lowest BCUT2D eigenvalue weighted by Gasteiger charge is -2.07. The minimum atomic E-state index is -0.188. The van der Waals surface area contributed by atoms with Crippen molar-refractivity contribution >= 4 is 10.9 Å². The molecule has 1 heterocycles. The van der Waals surface area contributed by atoms with Gasteiger partial charge in [0.05, 0.1) is 6.61 Å². The van der Waals surface area contributed by atoms with Crippen molar-refractivity contribution in [2.75, 3.05) is 6.61 Å². The number of nitrogens with zero attached hydrogens (tertiary/aromatic N) is 1. The Labute approximate surface area is 123 Å². The Morgan fingerprint density at radius 1 is 1.00 bits per heavy atom. The molecule has 0 N–H and O–H groups in total. The molecule has 3 rings (SSSR count). The minimum absolute atomic E-state index is 0.188. The lowest BCUT2D eigenvalue weighted by atomic mass is 10.2. The van der Waals surface area contributed by atoms with E-state index < -0.39 is 0 Å². The Hall–Kier alpha value is -2.13. The number of aryl methyl sites for hydroxylation is 1. The molecule has 0 atom stereocenters. The van der Waals surface area contributed by atoms with Gasteiger partial charge in [0.15, 0.2) is 0 Å². The van der Waals surface area contributed by atoms with Gasteiger partial charge >= 0.3 is 0 Å². The summed E-state index contributed by atoms with van der Waals surface area (Å²) in [5.41, 5.74) is 2.26. The van der Waals surface area contributed by atoms with Crippen molar-refractivity contribution in [3.05, 3.63) is 72.2 Å². The average Bonchev–Trinajstić information content (AvgIpc) is 2.90. The number of ether oxygens (including phenoxy) is 1. The van der Waals surface area contributed by atoms with Gasteiger partial charge in [-0.05, 0) is 36.2 Å². The Bertz CT molecular complexity index is 706. The zero-order chi connectivity index (χ0) is 14.5. The molecule has 3 heteroatoms. The van der Waals surface area contributed by atoms with E-state index in [1.54, 1.807) is 6.07 Å². The molecular formula is C18H18FNO. The fourth-order valence-corrected chi connectivity index (χ4v) is 2.47. The molecule has 2 aromatic carbocycles. The molecule has 3 aromatic rings. The fourth-order valence-electron chi connectivity index (χ4n) is 2.47. The van der Waals surface area contributed by atoms with Crippen LogP contribution in [0.4, 0.5) is 4.39 Å². The van der Waals surface area contributed by atoms with Crippen LogP contribution in [-0.4, -0.2) is 11.2 Å². The molecule has 0 aliphatic carbocycles. The van der Waals surface area contributed by atoms with Gasteiger partial charge in [0.1, 0.15) is 5.82 Å². The van der Waals surface area contributed by atoms with E-state index in [0.717, 1.165) is 30.5 Å². The monoisotopic (exact) mass is 283 g/mol. The summed E-state index contributed by atoms with van der Waals surface area (Å²) in [4.78, 5) is 0. The Balaban J connectivity index is 1.48. The first kappa shape index (κ1) is 13.8. The molecule has 0 amide bonds. The van der Waals surface area contributed by atoms with Crippen LogP contribution >= 0.6 is 0 Å². The predicted molar refractivity (Wildman–Crippen MR) is 82.6 cm³/mol. The molecule has 0 saturated carbocycles. The van der Waals surface area contributed by atoms with Crippen molar-refractivity contribution in [1.82, 2.24) is 4.57 Å². The third-order valence-corrected chi connectivity index (χ3v) is 3.53. The molecule has 21 heavy (non-hydrogen) atoms. The molecule has 0 spiro atoms. The summed E-state index contributed by atoms with van der Waals surface area (Å²) < 4.78 is 20.9. The lowest BCUT2D eigenvalue weighted by Crippen LogP contribution is -2.02. The number of benzene rings is 2. The van der Waals surface area contributed by atoms with E-state index in [1.807, 2.05) is 36.5 Å². The SMILES string of the molecule is Fc1ccc2c(ccn2CCCOCc2ccccc2)c1. The third kappa shape index (κ3) is 3.50. The van der Waals surface area contributed by atoms with E-state index in [2.05, 4.69) is 16.7 Å². The summed E-state index contributed by atoms with van der Waals surface area (Å²) in [5, 5.41) is 0.945. The summed E-state index contributed by atoms with van der Waals surface area (Å²) in [7, 11) is 0. The maximum atomic E-state index is 13.1. The van der Waals surface area contributed by atoms with Crippen molar-refractivity contribution in [3.63, 3.8) is 0 Å². The number of fused-ring (bicyclic) bond motifs is 1. The summed E-state index contributed by atoms with van der Waals surface area (Å²) in [6.07, 6.45) is 2.94. The predicted octanol–water partition coefficient (Wildman–Crippen LogP) is 4.39. The summed E-state index contributed by atoms with van der Waals surface area (Å²) in [5.74, 6) is -0.188. The number of hydrogen-bond donors (Lipinski definition) is 0. The molecular weight excluding hydrogens is 265 g/mol. The van der Waals surface area contributed by atoms with E-state index in [4.69, 9.17) is 4.74 Å². The van der Waals surface area contributed by atoms with Gasteiger partial charge in [-0.1, -0.05) is 30.3 Å². The molecule has 0 radical (unpaired) electrons. The summed E-state index contributed by atoms with van der Waals surface area (Å²) in [6, 6.07) is 17.0. The van der Waals surface area contributed by atoms with Crippen molar-refractivity contribution < 1.29 is 9.13 Å². The van der Waals surface area contributed by atoms with Gasteiger partial charge in [0, 0.05) is 30.3 Å². The Morgan fingerprint density at radius 2 is 1.86 bits per heavy atom. The standard InChI is InChI=1S/C18H18FNO/c19-17-7-8-18-16(13-17)9-11-20(18)10-4-12-21-14-15-5-2-1-3-6-15/h1-3,5-9,11,13H,4,10,12,14H2. The molecule has 0 saturated heterocycles. The zero-order valence-corrected chi connectivity index (χ0v) is 11.8. The molecule has 0 aliphatic rings. The van der Waals surface area contributed by atoms with Gasteiger partial charge in [0.25, 0.3) is 0 Å². The van der Waals surface area contributed by atoms with Crippen molar-refractivity contribution in [3.8, 4) is 0 Å². The minimum Gasteiger partial charge on any atom is -0.377 e. The topological polar surface area (TPSA) is 14.2 Å². The normalized spacial score (nSPS) is 11.1. The van der Waals surface area contributed by atoms with Crippen LogP contribution in [0, 0.1) is 5.82 Å². The molecule has 108 valence electrons. The van der Waals surface area contributed by atoms with Crippen LogP contribution in [0.15, 0.2) is 60.8 Å². The molecule has 1 aromatic heterocycles. The van der Waals surface area contributed by atoms with Crippen LogP contribution in [0.5, 0.6) is 0 Å². The number of halogens is 1. The fraction of sp³-hybridized carbons (Fsp3) is 0.222. The maximum absolute atomic E-state index is 13.1. The van der Waals surface area contributed by atoms with E-state index in [1.165, 1.54) is 11.6 Å². The van der Waals surface area contributed by atoms with Crippen LogP contribution < -0.4 is 0 Å². The molecule has 0 aliphatic heterocycles. The summed E-state index contributed by atoms with van der Waals surface area (Å²) >= 11 is 0. The van der Waals surface area contributed by atoms with Crippen molar-refractivity contribution in [2.45, 2.75) is 19.6 Å². The smallest absolute Gasteiger partial charge is 0.123 e. The quantitative estimate of drug-likeness (QED) is 0.612. The van der Waals surface area contributed by atoms with Gasteiger partial charge in [-0.15, -0.1) is 0 Å². The van der Waals surface area contributed by atoms with Crippen molar-refractivity contribution in [2.24, 2.45) is 0 Å².